The van der Waals surface area contributed by atoms with Crippen LogP contribution in [0.25, 0.3) is 44.5 Å². The highest BCUT2D eigenvalue weighted by Gasteiger charge is 2.20. The molecular formula is C43H40N2O5. The fraction of sp³-hybridized carbons (Fsp3) is 0.209. The second kappa shape index (κ2) is 13.6. The third-order valence-corrected chi connectivity index (χ3v) is 9.72. The van der Waals surface area contributed by atoms with Crippen LogP contribution in [0.15, 0.2) is 91.5 Å². The van der Waals surface area contributed by atoms with Gasteiger partial charge in [-0.2, -0.15) is 0 Å². The van der Waals surface area contributed by atoms with Gasteiger partial charge in [0, 0.05) is 82.3 Å². The van der Waals surface area contributed by atoms with Gasteiger partial charge in [0.15, 0.2) is 0 Å². The first kappa shape index (κ1) is 32.7. The molecule has 50 heavy (non-hydrogen) atoms. The van der Waals surface area contributed by atoms with Crippen LogP contribution < -0.4 is 23.7 Å². The van der Waals surface area contributed by atoms with Crippen molar-refractivity contribution < 1.29 is 23.7 Å². The number of ether oxygens (including phenoxy) is 5. The molecule has 0 fully saturated rings. The molecule has 0 spiro atoms. The summed E-state index contributed by atoms with van der Waals surface area (Å²) in [4.78, 5) is 9.41. The molecule has 0 N–H and O–H groups in total. The van der Waals surface area contributed by atoms with Gasteiger partial charge in [-0.15, -0.1) is 0 Å². The molecule has 7 nitrogen and oxygen atoms in total. The summed E-state index contributed by atoms with van der Waals surface area (Å²) < 4.78 is 29.6. The zero-order valence-corrected chi connectivity index (χ0v) is 29.5. The summed E-state index contributed by atoms with van der Waals surface area (Å²) in [5.41, 5.74) is 14.5. The molecule has 6 aromatic rings. The van der Waals surface area contributed by atoms with Crippen LogP contribution in [0.4, 0.5) is 0 Å². The monoisotopic (exact) mass is 664 g/mol. The summed E-state index contributed by atoms with van der Waals surface area (Å²) in [6, 6.07) is 23.5. The number of methoxy groups -OCH3 is 5. The maximum atomic E-state index is 5.94. The van der Waals surface area contributed by atoms with Crippen LogP contribution in [0.3, 0.4) is 0 Å². The van der Waals surface area contributed by atoms with Gasteiger partial charge in [-0.1, -0.05) is 18.2 Å². The van der Waals surface area contributed by atoms with E-state index in [4.69, 9.17) is 33.7 Å². The van der Waals surface area contributed by atoms with Crippen LogP contribution in [-0.4, -0.2) is 45.5 Å². The Hall–Kier alpha value is -5.82. The maximum absolute atomic E-state index is 5.94. The lowest BCUT2D eigenvalue weighted by Crippen LogP contribution is -2.01. The molecule has 1 aliphatic carbocycles. The van der Waals surface area contributed by atoms with Gasteiger partial charge < -0.3 is 23.7 Å². The Bertz CT molecular complexity index is 2240. The van der Waals surface area contributed by atoms with Gasteiger partial charge in [0.2, 0.25) is 0 Å². The normalized spacial score (nSPS) is 11.7. The highest BCUT2D eigenvalue weighted by atomic mass is 16.5. The molecular weight excluding hydrogens is 624 g/mol. The highest BCUT2D eigenvalue weighted by molar-refractivity contribution is 5.81. The summed E-state index contributed by atoms with van der Waals surface area (Å²) in [6.07, 6.45) is 8.84. The average Bonchev–Trinajstić information content (AvgIpc) is 3.15. The van der Waals surface area contributed by atoms with Crippen molar-refractivity contribution in [2.45, 2.75) is 26.7 Å². The van der Waals surface area contributed by atoms with E-state index in [0.29, 0.717) is 29.4 Å². The molecule has 7 heteroatoms. The number of benzene rings is 4. The fourth-order valence-electron chi connectivity index (χ4n) is 6.90. The Morgan fingerprint density at radius 3 is 1.32 bits per heavy atom. The number of hydrogen-bond donors (Lipinski definition) is 0. The summed E-state index contributed by atoms with van der Waals surface area (Å²) in [6.45, 7) is 4.31. The Kier molecular flexibility index (Phi) is 8.89. The molecule has 12 bridgehead atoms. The first-order valence-corrected chi connectivity index (χ1v) is 16.5. The van der Waals surface area contributed by atoms with E-state index >= 15 is 0 Å². The lowest BCUT2D eigenvalue weighted by molar-refractivity contribution is 0.389. The minimum absolute atomic E-state index is 0.525. The molecule has 0 saturated carbocycles. The fourth-order valence-corrected chi connectivity index (χ4v) is 6.90. The lowest BCUT2D eigenvalue weighted by Gasteiger charge is -2.19. The van der Waals surface area contributed by atoms with Crippen LogP contribution in [0, 0.1) is 13.8 Å². The van der Waals surface area contributed by atoms with E-state index in [1.165, 1.54) is 16.7 Å². The number of hydrogen-bond acceptors (Lipinski definition) is 7. The number of pyridine rings is 2. The van der Waals surface area contributed by atoms with Crippen molar-refractivity contribution in [3.05, 3.63) is 125 Å². The molecule has 2 heterocycles. The second-order valence-electron chi connectivity index (χ2n) is 12.6. The molecule has 1 aliphatic rings. The van der Waals surface area contributed by atoms with Crippen molar-refractivity contribution in [3.8, 4) is 73.3 Å². The SMILES string of the molecule is COc1cc(OC)c2cc1Cc1cc(c(OC)cc1OC)-c1cncc(c1)-c1cc(c(C)cc1OC)Cc1cc(ccc1C)-c1cncc-2c1. The smallest absolute Gasteiger partial charge is 0.130 e. The van der Waals surface area contributed by atoms with Gasteiger partial charge in [-0.3, -0.25) is 9.97 Å². The molecule has 0 aliphatic heterocycles. The van der Waals surface area contributed by atoms with E-state index in [1.54, 1.807) is 35.5 Å². The van der Waals surface area contributed by atoms with Crippen molar-refractivity contribution in [2.24, 2.45) is 0 Å². The number of nitrogens with zero attached hydrogens (tertiary/aromatic N) is 2. The van der Waals surface area contributed by atoms with Crippen molar-refractivity contribution >= 4 is 0 Å². The molecule has 7 rings (SSSR count). The van der Waals surface area contributed by atoms with Crippen molar-refractivity contribution in [3.63, 3.8) is 0 Å². The molecule has 4 aromatic carbocycles. The summed E-state index contributed by atoms with van der Waals surface area (Å²) in [7, 11) is 8.42. The molecule has 0 radical (unpaired) electrons. The third kappa shape index (κ3) is 6.00. The molecule has 252 valence electrons. The number of aryl methyl sites for hydroxylation is 2. The van der Waals surface area contributed by atoms with Crippen LogP contribution in [0.1, 0.15) is 33.4 Å². The summed E-state index contributed by atoms with van der Waals surface area (Å²) in [5.74, 6) is 3.60. The molecule has 0 saturated heterocycles. The third-order valence-electron chi connectivity index (χ3n) is 9.72. The van der Waals surface area contributed by atoms with Crippen molar-refractivity contribution in [1.29, 1.82) is 0 Å². The van der Waals surface area contributed by atoms with Gasteiger partial charge in [0.1, 0.15) is 28.7 Å². The van der Waals surface area contributed by atoms with Crippen molar-refractivity contribution in [2.75, 3.05) is 35.5 Å². The van der Waals surface area contributed by atoms with Crippen LogP contribution >= 0.6 is 0 Å². The lowest BCUT2D eigenvalue weighted by atomic mass is 9.90. The average molecular weight is 665 g/mol. The van der Waals surface area contributed by atoms with E-state index in [-0.39, 0.29) is 0 Å². The number of rotatable bonds is 5. The quantitative estimate of drug-likeness (QED) is 0.182. The van der Waals surface area contributed by atoms with Crippen LogP contribution in [0.2, 0.25) is 0 Å². The van der Waals surface area contributed by atoms with Gasteiger partial charge in [0.25, 0.3) is 0 Å². The Balaban J connectivity index is 1.53. The van der Waals surface area contributed by atoms with E-state index in [0.717, 1.165) is 73.4 Å². The Labute approximate surface area is 293 Å². The second-order valence-corrected chi connectivity index (χ2v) is 12.6. The highest BCUT2D eigenvalue weighted by Crippen LogP contribution is 2.43. The van der Waals surface area contributed by atoms with Gasteiger partial charge in [-0.25, -0.2) is 0 Å². The molecule has 0 unspecified atom stereocenters. The Morgan fingerprint density at radius 2 is 0.800 bits per heavy atom. The van der Waals surface area contributed by atoms with E-state index in [1.807, 2.05) is 36.9 Å². The van der Waals surface area contributed by atoms with Gasteiger partial charge in [-0.05, 0) is 95.6 Å². The first-order chi connectivity index (χ1) is 24.3. The van der Waals surface area contributed by atoms with Crippen LogP contribution in [0.5, 0.6) is 28.7 Å². The Morgan fingerprint density at radius 1 is 0.380 bits per heavy atom. The van der Waals surface area contributed by atoms with Gasteiger partial charge >= 0.3 is 0 Å². The topological polar surface area (TPSA) is 71.9 Å². The molecule has 0 amide bonds. The van der Waals surface area contributed by atoms with Crippen LogP contribution in [-0.2, 0) is 12.8 Å². The van der Waals surface area contributed by atoms with E-state index in [2.05, 4.69) is 68.4 Å². The minimum atomic E-state index is 0.525. The standard InChI is InChI=1S/C43H40N2O5/c1-25-8-9-27-11-28(25)12-29-16-36(41(48-5)10-26(29)2)34-15-35(24-45-23-34)38-18-31(40(47-4)20-43(38)50-7)13-30-17-37(33-14-32(27)21-44-22-33)42(49-6)19-39(30)46-3/h8-11,14-24H,12-13H2,1-7H3. The molecule has 2 aromatic heterocycles. The predicted octanol–water partition coefficient (Wildman–Crippen LogP) is 9.30. The predicted molar refractivity (Wildman–Crippen MR) is 198 cm³/mol. The number of fused-ring (bicyclic) bond motifs is 16. The zero-order chi connectivity index (χ0) is 34.9. The number of aromatic nitrogens is 2. The largest absolute Gasteiger partial charge is 0.496 e. The van der Waals surface area contributed by atoms with Crippen molar-refractivity contribution in [1.82, 2.24) is 9.97 Å². The first-order valence-electron chi connectivity index (χ1n) is 16.5. The van der Waals surface area contributed by atoms with E-state index < -0.39 is 0 Å². The van der Waals surface area contributed by atoms with E-state index in [9.17, 15) is 0 Å². The zero-order valence-electron chi connectivity index (χ0n) is 29.5. The minimum Gasteiger partial charge on any atom is -0.496 e. The molecule has 0 atom stereocenters. The van der Waals surface area contributed by atoms with Gasteiger partial charge in [0.05, 0.1) is 35.5 Å². The summed E-state index contributed by atoms with van der Waals surface area (Å²) in [5, 5.41) is 0. The summed E-state index contributed by atoms with van der Waals surface area (Å²) >= 11 is 0. The maximum Gasteiger partial charge on any atom is 0.130 e.